The highest BCUT2D eigenvalue weighted by molar-refractivity contribution is 7.09. The Kier molecular flexibility index (Phi) is 7.63. The van der Waals surface area contributed by atoms with Crippen LogP contribution in [-0.2, 0) is 16.1 Å². The highest BCUT2D eigenvalue weighted by Crippen LogP contribution is 2.38. The van der Waals surface area contributed by atoms with Crippen molar-refractivity contribution in [1.29, 1.82) is 0 Å². The first kappa shape index (κ1) is 23.0. The molecule has 0 saturated heterocycles. The lowest BCUT2D eigenvalue weighted by Gasteiger charge is -2.12. The molecule has 32 heavy (non-hydrogen) atoms. The van der Waals surface area contributed by atoms with E-state index in [0.29, 0.717) is 6.54 Å². The number of halogens is 1. The number of nitro groups is 1. The number of nitro benzene ring substituents is 1. The molecule has 0 saturated carbocycles. The number of carbonyl (C=O) groups excluding carboxylic acids is 2. The van der Waals surface area contributed by atoms with E-state index in [1.165, 1.54) is 54.8 Å². The zero-order chi connectivity index (χ0) is 23.1. The Morgan fingerprint density at radius 1 is 1.12 bits per heavy atom. The third kappa shape index (κ3) is 5.96. The van der Waals surface area contributed by atoms with Gasteiger partial charge in [0.05, 0.1) is 24.1 Å². The summed E-state index contributed by atoms with van der Waals surface area (Å²) in [5, 5.41) is 16.0. The predicted octanol–water partition coefficient (Wildman–Crippen LogP) is 4.58. The maximum absolute atomic E-state index is 12.3. The van der Waals surface area contributed by atoms with E-state index in [1.54, 1.807) is 0 Å². The van der Waals surface area contributed by atoms with Gasteiger partial charge in [0.25, 0.3) is 5.91 Å². The normalized spacial score (nSPS) is 10.3. The fraction of sp³-hybridized carbons (Fsp3) is 0.143. The summed E-state index contributed by atoms with van der Waals surface area (Å²) in [6.45, 7) is -0.0908. The summed E-state index contributed by atoms with van der Waals surface area (Å²) in [5.74, 6) is -0.934. The molecular weight excluding hydrogens is 460 g/mol. The van der Waals surface area contributed by atoms with Crippen molar-refractivity contribution in [2.24, 2.45) is 0 Å². The molecule has 11 heteroatoms. The van der Waals surface area contributed by atoms with Crippen LogP contribution in [0.25, 0.3) is 0 Å². The van der Waals surface area contributed by atoms with Crippen molar-refractivity contribution in [3.63, 3.8) is 0 Å². The second-order valence-corrected chi connectivity index (χ2v) is 7.74. The molecule has 1 aromatic heterocycles. The molecule has 0 radical (unpaired) electrons. The summed E-state index contributed by atoms with van der Waals surface area (Å²) in [5.41, 5.74) is -0.206. The number of methoxy groups -OCH3 is 1. The predicted molar refractivity (Wildman–Crippen MR) is 118 cm³/mol. The van der Waals surface area contributed by atoms with E-state index in [9.17, 15) is 19.7 Å². The molecule has 0 aliphatic rings. The SMILES string of the molecule is COc1cc(C(=O)OCC(=O)NCc2cccs2)ccc1Oc1ccc(Cl)cc1[N+](=O)[O-]. The van der Waals surface area contributed by atoms with Crippen molar-refractivity contribution in [3.8, 4) is 17.2 Å². The molecule has 166 valence electrons. The summed E-state index contributed by atoms with van der Waals surface area (Å²) >= 11 is 7.31. The lowest BCUT2D eigenvalue weighted by molar-refractivity contribution is -0.385. The van der Waals surface area contributed by atoms with Crippen LogP contribution in [0.1, 0.15) is 15.2 Å². The number of rotatable bonds is 9. The summed E-state index contributed by atoms with van der Waals surface area (Å²) in [6, 6.07) is 11.9. The van der Waals surface area contributed by atoms with E-state index in [-0.39, 0.29) is 33.5 Å². The molecule has 9 nitrogen and oxygen atoms in total. The lowest BCUT2D eigenvalue weighted by Crippen LogP contribution is -2.28. The molecule has 1 N–H and O–H groups in total. The first-order valence-electron chi connectivity index (χ1n) is 9.13. The first-order valence-corrected chi connectivity index (χ1v) is 10.4. The number of hydrogen-bond acceptors (Lipinski definition) is 8. The third-order valence-corrected chi connectivity index (χ3v) is 5.22. The number of thiophene rings is 1. The number of carbonyl (C=O) groups is 2. The van der Waals surface area contributed by atoms with E-state index in [1.807, 2.05) is 17.5 Å². The van der Waals surface area contributed by atoms with E-state index >= 15 is 0 Å². The van der Waals surface area contributed by atoms with Crippen LogP contribution in [0.3, 0.4) is 0 Å². The molecule has 3 aromatic rings. The van der Waals surface area contributed by atoms with Gasteiger partial charge >= 0.3 is 11.7 Å². The summed E-state index contributed by atoms with van der Waals surface area (Å²) in [7, 11) is 1.35. The highest BCUT2D eigenvalue weighted by atomic mass is 35.5. The van der Waals surface area contributed by atoms with Crippen LogP contribution < -0.4 is 14.8 Å². The second kappa shape index (κ2) is 10.6. The van der Waals surface area contributed by atoms with E-state index in [4.69, 9.17) is 25.8 Å². The standard InChI is InChI=1S/C21H17ClN2O7S/c1-29-19-9-13(21(26)30-12-20(25)23-11-15-3-2-8-32-15)4-6-18(19)31-17-7-5-14(22)10-16(17)24(27)28/h2-10H,11-12H2,1H3,(H,23,25). The number of nitrogens with one attached hydrogen (secondary N) is 1. The number of esters is 1. The van der Waals surface area contributed by atoms with Crippen LogP contribution in [0.15, 0.2) is 53.9 Å². The maximum Gasteiger partial charge on any atom is 0.338 e. The molecule has 0 spiro atoms. The van der Waals surface area contributed by atoms with Gasteiger partial charge in [0.15, 0.2) is 18.1 Å². The van der Waals surface area contributed by atoms with Crippen molar-refractivity contribution in [2.75, 3.05) is 13.7 Å². The van der Waals surface area contributed by atoms with Gasteiger partial charge in [-0.2, -0.15) is 0 Å². The van der Waals surface area contributed by atoms with Crippen LogP contribution in [0, 0.1) is 10.1 Å². The van der Waals surface area contributed by atoms with Crippen LogP contribution in [0.4, 0.5) is 5.69 Å². The van der Waals surface area contributed by atoms with Gasteiger partial charge in [0, 0.05) is 16.0 Å². The Labute approximate surface area is 191 Å². The van der Waals surface area contributed by atoms with Crippen molar-refractivity contribution >= 4 is 40.5 Å². The van der Waals surface area contributed by atoms with Crippen LogP contribution in [0.5, 0.6) is 17.2 Å². The lowest BCUT2D eigenvalue weighted by atomic mass is 10.2. The zero-order valence-electron chi connectivity index (χ0n) is 16.7. The Hall–Kier alpha value is -3.63. The monoisotopic (exact) mass is 476 g/mol. The van der Waals surface area contributed by atoms with Crippen molar-refractivity contribution in [2.45, 2.75) is 6.54 Å². The van der Waals surface area contributed by atoms with Gasteiger partial charge in [-0.25, -0.2) is 4.79 Å². The molecule has 2 aromatic carbocycles. The fourth-order valence-corrected chi connectivity index (χ4v) is 3.39. The third-order valence-electron chi connectivity index (χ3n) is 4.11. The summed E-state index contributed by atoms with van der Waals surface area (Å²) in [4.78, 5) is 35.8. The Bertz CT molecular complexity index is 1140. The molecule has 0 bridgehead atoms. The van der Waals surface area contributed by atoms with Gasteiger partial charge in [0.1, 0.15) is 0 Å². The summed E-state index contributed by atoms with van der Waals surface area (Å²) < 4.78 is 15.9. The van der Waals surface area contributed by atoms with Gasteiger partial charge in [-0.05, 0) is 41.8 Å². The van der Waals surface area contributed by atoms with Crippen molar-refractivity contribution in [1.82, 2.24) is 5.32 Å². The topological polar surface area (TPSA) is 117 Å². The minimum absolute atomic E-state index is 0.0459. The molecule has 0 fully saturated rings. The Morgan fingerprint density at radius 3 is 2.59 bits per heavy atom. The Balaban J connectivity index is 1.65. The van der Waals surface area contributed by atoms with E-state index in [0.717, 1.165) is 4.88 Å². The molecule has 0 aliphatic heterocycles. The molecular formula is C21H17ClN2O7S. The number of amides is 1. The van der Waals surface area contributed by atoms with Crippen LogP contribution in [0.2, 0.25) is 5.02 Å². The number of nitrogens with zero attached hydrogens (tertiary/aromatic N) is 1. The zero-order valence-corrected chi connectivity index (χ0v) is 18.3. The molecule has 0 atom stereocenters. The number of ether oxygens (including phenoxy) is 3. The van der Waals surface area contributed by atoms with E-state index in [2.05, 4.69) is 5.32 Å². The molecule has 0 aliphatic carbocycles. The van der Waals surface area contributed by atoms with E-state index < -0.39 is 23.4 Å². The first-order chi connectivity index (χ1) is 15.4. The number of benzene rings is 2. The minimum atomic E-state index is -0.737. The molecule has 3 rings (SSSR count). The maximum atomic E-state index is 12.3. The molecule has 1 heterocycles. The minimum Gasteiger partial charge on any atom is -0.493 e. The quantitative estimate of drug-likeness (QED) is 0.273. The second-order valence-electron chi connectivity index (χ2n) is 6.27. The largest absolute Gasteiger partial charge is 0.493 e. The van der Waals surface area contributed by atoms with Crippen molar-refractivity contribution in [3.05, 3.63) is 79.5 Å². The smallest absolute Gasteiger partial charge is 0.338 e. The van der Waals surface area contributed by atoms with Gasteiger partial charge in [-0.1, -0.05) is 17.7 Å². The van der Waals surface area contributed by atoms with Crippen LogP contribution in [-0.4, -0.2) is 30.5 Å². The summed E-state index contributed by atoms with van der Waals surface area (Å²) in [6.07, 6.45) is 0. The van der Waals surface area contributed by atoms with Crippen LogP contribution >= 0.6 is 22.9 Å². The molecule has 0 unspecified atom stereocenters. The van der Waals surface area contributed by atoms with Crippen molar-refractivity contribution < 1.29 is 28.7 Å². The Morgan fingerprint density at radius 2 is 1.91 bits per heavy atom. The van der Waals surface area contributed by atoms with Gasteiger partial charge in [-0.3, -0.25) is 14.9 Å². The van der Waals surface area contributed by atoms with Gasteiger partial charge < -0.3 is 19.5 Å². The highest BCUT2D eigenvalue weighted by Gasteiger charge is 2.19. The van der Waals surface area contributed by atoms with Gasteiger partial charge in [0.2, 0.25) is 5.75 Å². The number of hydrogen-bond donors (Lipinski definition) is 1. The van der Waals surface area contributed by atoms with Gasteiger partial charge in [-0.15, -0.1) is 11.3 Å². The molecule has 1 amide bonds. The average molecular weight is 477 g/mol. The average Bonchev–Trinajstić information content (AvgIpc) is 3.31. The fourth-order valence-electron chi connectivity index (χ4n) is 2.58.